The van der Waals surface area contributed by atoms with E-state index in [9.17, 15) is 9.59 Å². The highest BCUT2D eigenvalue weighted by Crippen LogP contribution is 2.20. The molecular formula is C14H11Cl2N3O3. The molecule has 6 nitrogen and oxygen atoms in total. The fourth-order valence-corrected chi connectivity index (χ4v) is 2.00. The van der Waals surface area contributed by atoms with Crippen molar-refractivity contribution in [3.8, 4) is 0 Å². The zero-order valence-corrected chi connectivity index (χ0v) is 12.7. The van der Waals surface area contributed by atoms with Crippen LogP contribution in [0.4, 0.5) is 0 Å². The van der Waals surface area contributed by atoms with Gasteiger partial charge in [-0.25, -0.2) is 5.43 Å². The zero-order chi connectivity index (χ0) is 15.9. The van der Waals surface area contributed by atoms with Gasteiger partial charge in [0.25, 0.3) is 11.8 Å². The average Bonchev–Trinajstić information content (AvgIpc) is 2.98. The van der Waals surface area contributed by atoms with Crippen LogP contribution in [0.25, 0.3) is 0 Å². The number of hydrogen-bond donors (Lipinski definition) is 2. The number of hydrogen-bond acceptors (Lipinski definition) is 4. The van der Waals surface area contributed by atoms with E-state index in [1.54, 1.807) is 12.1 Å². The van der Waals surface area contributed by atoms with Crippen LogP contribution in [0, 0.1) is 0 Å². The maximum Gasteiger partial charge on any atom is 0.259 e. The molecule has 0 saturated carbocycles. The van der Waals surface area contributed by atoms with E-state index >= 15 is 0 Å². The number of rotatable bonds is 5. The van der Waals surface area contributed by atoms with Crippen LogP contribution < -0.4 is 10.7 Å². The van der Waals surface area contributed by atoms with Crippen molar-refractivity contribution in [2.45, 2.75) is 0 Å². The van der Waals surface area contributed by atoms with E-state index < -0.39 is 11.8 Å². The van der Waals surface area contributed by atoms with E-state index in [0.717, 1.165) is 0 Å². The highest BCUT2D eigenvalue weighted by Gasteiger charge is 2.11. The molecule has 2 rings (SSSR count). The molecule has 0 atom stereocenters. The van der Waals surface area contributed by atoms with Gasteiger partial charge in [0, 0.05) is 5.02 Å². The lowest BCUT2D eigenvalue weighted by molar-refractivity contribution is -0.120. The SMILES string of the molecule is O=C(CNC(=O)c1ccc(Cl)cc1Cl)NN=Cc1ccco1. The summed E-state index contributed by atoms with van der Waals surface area (Å²) in [6, 6.07) is 7.84. The van der Waals surface area contributed by atoms with Gasteiger partial charge in [-0.3, -0.25) is 9.59 Å². The number of carbonyl (C=O) groups is 2. The van der Waals surface area contributed by atoms with Crippen molar-refractivity contribution in [2.24, 2.45) is 5.10 Å². The largest absolute Gasteiger partial charge is 0.463 e. The first-order valence-corrected chi connectivity index (χ1v) is 6.90. The Kier molecular flexibility index (Phi) is 5.57. The second kappa shape index (κ2) is 7.63. The molecule has 0 aliphatic carbocycles. The molecule has 0 aliphatic rings. The van der Waals surface area contributed by atoms with Crippen LogP contribution in [0.2, 0.25) is 10.0 Å². The number of halogens is 2. The predicted octanol–water partition coefficient (Wildman–Crippen LogP) is 2.47. The van der Waals surface area contributed by atoms with Crippen molar-refractivity contribution in [3.05, 3.63) is 58.0 Å². The van der Waals surface area contributed by atoms with Gasteiger partial charge in [0.1, 0.15) is 5.76 Å². The van der Waals surface area contributed by atoms with Crippen molar-refractivity contribution in [1.82, 2.24) is 10.7 Å². The topological polar surface area (TPSA) is 83.7 Å². The second-order valence-corrected chi connectivity index (χ2v) is 4.96. The van der Waals surface area contributed by atoms with Gasteiger partial charge >= 0.3 is 0 Å². The van der Waals surface area contributed by atoms with Crippen molar-refractivity contribution < 1.29 is 14.0 Å². The van der Waals surface area contributed by atoms with E-state index in [0.29, 0.717) is 10.8 Å². The number of amides is 2. The summed E-state index contributed by atoms with van der Waals surface area (Å²) in [5.41, 5.74) is 2.49. The molecule has 22 heavy (non-hydrogen) atoms. The molecule has 114 valence electrons. The van der Waals surface area contributed by atoms with Crippen molar-refractivity contribution in [2.75, 3.05) is 6.54 Å². The van der Waals surface area contributed by atoms with Crippen LogP contribution >= 0.6 is 23.2 Å². The van der Waals surface area contributed by atoms with Crippen LogP contribution in [0.3, 0.4) is 0 Å². The van der Waals surface area contributed by atoms with Gasteiger partial charge in [-0.2, -0.15) is 5.10 Å². The number of nitrogens with zero attached hydrogens (tertiary/aromatic N) is 1. The molecule has 0 bridgehead atoms. The standard InChI is InChI=1S/C14H11Cl2N3O3/c15-9-3-4-11(12(16)6-9)14(21)17-8-13(20)19-18-7-10-2-1-5-22-10/h1-7H,8H2,(H,17,21)(H,19,20). The summed E-state index contributed by atoms with van der Waals surface area (Å²) >= 11 is 11.6. The fraction of sp³-hybridized carbons (Fsp3) is 0.0714. The summed E-state index contributed by atoms with van der Waals surface area (Å²) in [5.74, 6) is -0.467. The lowest BCUT2D eigenvalue weighted by Gasteiger charge is -2.06. The zero-order valence-electron chi connectivity index (χ0n) is 11.2. The van der Waals surface area contributed by atoms with Gasteiger partial charge in [0.2, 0.25) is 0 Å². The number of nitrogens with one attached hydrogen (secondary N) is 2. The molecule has 0 spiro atoms. The summed E-state index contributed by atoms with van der Waals surface area (Å²) in [6.07, 6.45) is 2.83. The van der Waals surface area contributed by atoms with E-state index in [4.69, 9.17) is 27.6 Å². The van der Waals surface area contributed by atoms with Crippen LogP contribution in [-0.2, 0) is 4.79 Å². The quantitative estimate of drug-likeness (QED) is 0.648. The fourth-order valence-electron chi connectivity index (χ4n) is 1.50. The van der Waals surface area contributed by atoms with Crippen LogP contribution in [0.15, 0.2) is 46.1 Å². The Hall–Kier alpha value is -2.31. The Labute approximate surface area is 136 Å². The number of hydrazone groups is 1. The first kappa shape index (κ1) is 16.1. The molecule has 0 fully saturated rings. The third-order valence-corrected chi connectivity index (χ3v) is 3.06. The first-order valence-electron chi connectivity index (χ1n) is 6.15. The van der Waals surface area contributed by atoms with Crippen LogP contribution in [0.5, 0.6) is 0 Å². The smallest absolute Gasteiger partial charge is 0.259 e. The minimum atomic E-state index is -0.485. The predicted molar refractivity (Wildman–Crippen MR) is 83.2 cm³/mol. The van der Waals surface area contributed by atoms with Gasteiger partial charge in [-0.15, -0.1) is 0 Å². The Morgan fingerprint density at radius 1 is 1.27 bits per heavy atom. The Morgan fingerprint density at radius 2 is 2.09 bits per heavy atom. The monoisotopic (exact) mass is 339 g/mol. The molecular weight excluding hydrogens is 329 g/mol. The van der Waals surface area contributed by atoms with Gasteiger partial charge in [-0.05, 0) is 30.3 Å². The maximum atomic E-state index is 11.9. The molecule has 0 aliphatic heterocycles. The van der Waals surface area contributed by atoms with Gasteiger partial charge in [0.15, 0.2) is 0 Å². The number of benzene rings is 1. The van der Waals surface area contributed by atoms with Gasteiger partial charge in [0.05, 0.1) is 29.6 Å². The maximum absolute atomic E-state index is 11.9. The highest BCUT2D eigenvalue weighted by atomic mass is 35.5. The normalized spacial score (nSPS) is 10.6. The van der Waals surface area contributed by atoms with Gasteiger partial charge < -0.3 is 9.73 Å². The minimum absolute atomic E-state index is 0.209. The van der Waals surface area contributed by atoms with Crippen LogP contribution in [0.1, 0.15) is 16.1 Å². The molecule has 2 amide bonds. The second-order valence-electron chi connectivity index (χ2n) is 4.12. The minimum Gasteiger partial charge on any atom is -0.463 e. The molecule has 1 aromatic carbocycles. The van der Waals surface area contributed by atoms with Crippen molar-refractivity contribution >= 4 is 41.2 Å². The highest BCUT2D eigenvalue weighted by molar-refractivity contribution is 6.36. The third-order valence-electron chi connectivity index (χ3n) is 2.51. The summed E-state index contributed by atoms with van der Waals surface area (Å²) in [4.78, 5) is 23.4. The molecule has 2 aromatic rings. The van der Waals surface area contributed by atoms with Crippen molar-refractivity contribution in [1.29, 1.82) is 0 Å². The van der Waals surface area contributed by atoms with E-state index in [-0.39, 0.29) is 17.1 Å². The lowest BCUT2D eigenvalue weighted by atomic mass is 10.2. The molecule has 8 heteroatoms. The Morgan fingerprint density at radius 3 is 2.77 bits per heavy atom. The third kappa shape index (κ3) is 4.61. The Bertz CT molecular complexity index is 699. The summed E-state index contributed by atoms with van der Waals surface area (Å²) < 4.78 is 5.00. The van der Waals surface area contributed by atoms with Crippen LogP contribution in [-0.4, -0.2) is 24.6 Å². The van der Waals surface area contributed by atoms with E-state index in [1.165, 1.54) is 30.7 Å². The lowest BCUT2D eigenvalue weighted by Crippen LogP contribution is -2.35. The molecule has 0 unspecified atom stereocenters. The molecule has 1 heterocycles. The first-order chi connectivity index (χ1) is 10.6. The van der Waals surface area contributed by atoms with E-state index in [1.807, 2.05) is 0 Å². The molecule has 1 aromatic heterocycles. The summed E-state index contributed by atoms with van der Waals surface area (Å²) in [5, 5.41) is 6.74. The molecule has 0 saturated heterocycles. The molecule has 2 N–H and O–H groups in total. The van der Waals surface area contributed by atoms with E-state index in [2.05, 4.69) is 15.8 Å². The summed E-state index contributed by atoms with van der Waals surface area (Å²) in [7, 11) is 0. The Balaban J connectivity index is 1.81. The van der Waals surface area contributed by atoms with Crippen molar-refractivity contribution in [3.63, 3.8) is 0 Å². The number of carbonyl (C=O) groups excluding carboxylic acids is 2. The molecule has 0 radical (unpaired) electrons. The average molecular weight is 340 g/mol. The summed E-state index contributed by atoms with van der Waals surface area (Å²) in [6.45, 7) is -0.243. The van der Waals surface area contributed by atoms with Gasteiger partial charge in [-0.1, -0.05) is 23.2 Å². The number of furan rings is 1.